The van der Waals surface area contributed by atoms with Gasteiger partial charge in [0.25, 0.3) is 5.56 Å². The molecule has 0 bridgehead atoms. The van der Waals surface area contributed by atoms with Crippen molar-refractivity contribution in [3.63, 3.8) is 0 Å². The monoisotopic (exact) mass is 178 g/mol. The van der Waals surface area contributed by atoms with Crippen LogP contribution < -0.4 is 5.56 Å². The third-order valence-corrected chi connectivity index (χ3v) is 1.27. The van der Waals surface area contributed by atoms with Crippen LogP contribution in [0.1, 0.15) is 11.4 Å². The summed E-state index contributed by atoms with van der Waals surface area (Å²) in [6, 6.07) is 0. The Balaban J connectivity index is 3.23. The number of alkyl halides is 3. The van der Waals surface area contributed by atoms with E-state index >= 15 is 0 Å². The number of aromatic nitrogens is 2. The lowest BCUT2D eigenvalue weighted by atomic mass is 10.4. The molecular formula is C6H5F3N2O. The predicted molar refractivity (Wildman–Crippen MR) is 34.6 cm³/mol. The molecule has 0 saturated carbocycles. The summed E-state index contributed by atoms with van der Waals surface area (Å²) in [5.41, 5.74) is -1.93. The van der Waals surface area contributed by atoms with E-state index in [1.54, 1.807) is 4.98 Å². The van der Waals surface area contributed by atoms with Gasteiger partial charge in [-0.05, 0) is 6.92 Å². The first-order valence-corrected chi connectivity index (χ1v) is 3.04. The highest BCUT2D eigenvalue weighted by molar-refractivity contribution is 5.04. The Bertz CT molecular complexity index is 341. The molecule has 1 heterocycles. The summed E-state index contributed by atoms with van der Waals surface area (Å²) in [6.45, 7) is 1.33. The van der Waals surface area contributed by atoms with E-state index in [0.29, 0.717) is 6.20 Å². The summed E-state index contributed by atoms with van der Waals surface area (Å²) in [4.78, 5) is 15.6. The SMILES string of the molecule is Cc1ncc(C(F)(F)F)[nH]c1=O. The molecule has 0 aromatic carbocycles. The lowest BCUT2D eigenvalue weighted by Crippen LogP contribution is -2.19. The summed E-state index contributed by atoms with van der Waals surface area (Å²) in [5, 5.41) is 0. The van der Waals surface area contributed by atoms with E-state index in [1.807, 2.05) is 0 Å². The molecular weight excluding hydrogens is 173 g/mol. The number of nitrogens with one attached hydrogen (secondary N) is 1. The molecule has 0 saturated heterocycles. The lowest BCUT2D eigenvalue weighted by molar-refractivity contribution is -0.141. The van der Waals surface area contributed by atoms with Crippen molar-refractivity contribution in [2.75, 3.05) is 0 Å². The molecule has 66 valence electrons. The van der Waals surface area contributed by atoms with Gasteiger partial charge >= 0.3 is 6.18 Å². The zero-order chi connectivity index (χ0) is 9.35. The van der Waals surface area contributed by atoms with Gasteiger partial charge in [-0.15, -0.1) is 0 Å². The number of halogens is 3. The Morgan fingerprint density at radius 3 is 2.50 bits per heavy atom. The number of hydrogen-bond acceptors (Lipinski definition) is 2. The van der Waals surface area contributed by atoms with Crippen LogP contribution in [0.25, 0.3) is 0 Å². The van der Waals surface area contributed by atoms with Crippen molar-refractivity contribution in [2.24, 2.45) is 0 Å². The van der Waals surface area contributed by atoms with Crippen LogP contribution in [-0.2, 0) is 6.18 Å². The van der Waals surface area contributed by atoms with Gasteiger partial charge in [0.2, 0.25) is 0 Å². The Hall–Kier alpha value is -1.33. The van der Waals surface area contributed by atoms with Gasteiger partial charge in [-0.3, -0.25) is 9.78 Å². The highest BCUT2D eigenvalue weighted by Crippen LogP contribution is 2.25. The van der Waals surface area contributed by atoms with Gasteiger partial charge in [-0.2, -0.15) is 13.2 Å². The Morgan fingerprint density at radius 1 is 1.50 bits per heavy atom. The maximum atomic E-state index is 11.9. The molecule has 6 heteroatoms. The van der Waals surface area contributed by atoms with Crippen LogP contribution in [0, 0.1) is 6.92 Å². The summed E-state index contributed by atoms with van der Waals surface area (Å²) in [7, 11) is 0. The Morgan fingerprint density at radius 2 is 2.08 bits per heavy atom. The standard InChI is InChI=1S/C6H5F3N2O/c1-3-5(12)11-4(2-10-3)6(7,8)9/h2H,1H3,(H,11,12). The molecule has 0 aliphatic heterocycles. The second-order valence-electron chi connectivity index (χ2n) is 2.21. The van der Waals surface area contributed by atoms with Crippen molar-refractivity contribution >= 4 is 0 Å². The summed E-state index contributed by atoms with van der Waals surface area (Å²) in [5.74, 6) is 0. The van der Waals surface area contributed by atoms with Crippen LogP contribution in [0.5, 0.6) is 0 Å². The van der Waals surface area contributed by atoms with Gasteiger partial charge in [0.05, 0.1) is 6.20 Å². The largest absolute Gasteiger partial charge is 0.432 e. The van der Waals surface area contributed by atoms with Crippen molar-refractivity contribution in [3.8, 4) is 0 Å². The maximum Gasteiger partial charge on any atom is 0.432 e. The lowest BCUT2D eigenvalue weighted by Gasteiger charge is -2.04. The number of aryl methyl sites for hydroxylation is 1. The second kappa shape index (κ2) is 2.62. The van der Waals surface area contributed by atoms with Crippen molar-refractivity contribution in [3.05, 3.63) is 27.9 Å². The molecule has 0 spiro atoms. The molecule has 0 amide bonds. The molecule has 0 radical (unpaired) electrons. The quantitative estimate of drug-likeness (QED) is 0.646. The molecule has 0 fully saturated rings. The smallest absolute Gasteiger partial charge is 0.316 e. The van der Waals surface area contributed by atoms with E-state index < -0.39 is 17.4 Å². The van der Waals surface area contributed by atoms with Crippen molar-refractivity contribution in [2.45, 2.75) is 13.1 Å². The number of nitrogens with zero attached hydrogens (tertiary/aromatic N) is 1. The molecule has 1 aromatic rings. The molecule has 0 aliphatic carbocycles. The minimum absolute atomic E-state index is 0.0167. The fourth-order valence-electron chi connectivity index (χ4n) is 0.609. The van der Waals surface area contributed by atoms with Crippen LogP contribution in [0.2, 0.25) is 0 Å². The fraction of sp³-hybridized carbons (Fsp3) is 0.333. The number of rotatable bonds is 0. The van der Waals surface area contributed by atoms with Crippen LogP contribution >= 0.6 is 0 Å². The van der Waals surface area contributed by atoms with Crippen LogP contribution in [0.3, 0.4) is 0 Å². The van der Waals surface area contributed by atoms with E-state index in [1.165, 1.54) is 6.92 Å². The third kappa shape index (κ3) is 1.63. The zero-order valence-corrected chi connectivity index (χ0v) is 6.07. The van der Waals surface area contributed by atoms with Crippen molar-refractivity contribution < 1.29 is 13.2 Å². The highest BCUT2D eigenvalue weighted by Gasteiger charge is 2.32. The zero-order valence-electron chi connectivity index (χ0n) is 6.07. The summed E-state index contributed by atoms with van der Waals surface area (Å²) >= 11 is 0. The summed E-state index contributed by atoms with van der Waals surface area (Å²) < 4.78 is 35.7. The van der Waals surface area contributed by atoms with Crippen molar-refractivity contribution in [1.82, 2.24) is 9.97 Å². The van der Waals surface area contributed by atoms with Crippen LogP contribution in [-0.4, -0.2) is 9.97 Å². The highest BCUT2D eigenvalue weighted by atomic mass is 19.4. The van der Waals surface area contributed by atoms with Gasteiger partial charge in [-0.1, -0.05) is 0 Å². The van der Waals surface area contributed by atoms with Gasteiger partial charge < -0.3 is 4.98 Å². The molecule has 12 heavy (non-hydrogen) atoms. The molecule has 0 atom stereocenters. The van der Waals surface area contributed by atoms with Gasteiger partial charge in [0.15, 0.2) is 0 Å². The average molecular weight is 178 g/mol. The van der Waals surface area contributed by atoms with Gasteiger partial charge in [-0.25, -0.2) is 0 Å². The molecule has 0 unspecified atom stereocenters. The van der Waals surface area contributed by atoms with Crippen LogP contribution in [0.15, 0.2) is 11.0 Å². The number of aromatic amines is 1. The molecule has 1 rings (SSSR count). The number of hydrogen-bond donors (Lipinski definition) is 1. The van der Waals surface area contributed by atoms with E-state index in [0.717, 1.165) is 0 Å². The van der Waals surface area contributed by atoms with E-state index in [-0.39, 0.29) is 5.69 Å². The minimum Gasteiger partial charge on any atom is -0.316 e. The number of H-pyrrole nitrogens is 1. The van der Waals surface area contributed by atoms with E-state index in [2.05, 4.69) is 4.98 Å². The first-order valence-electron chi connectivity index (χ1n) is 3.04. The summed E-state index contributed by atoms with van der Waals surface area (Å²) in [6.07, 6.45) is -3.95. The van der Waals surface area contributed by atoms with Gasteiger partial charge in [0.1, 0.15) is 11.4 Å². The average Bonchev–Trinajstić information content (AvgIpc) is 1.92. The molecule has 3 nitrogen and oxygen atoms in total. The first-order chi connectivity index (χ1) is 5.41. The molecule has 0 aliphatic rings. The maximum absolute atomic E-state index is 11.9. The minimum atomic E-state index is -4.54. The van der Waals surface area contributed by atoms with E-state index in [4.69, 9.17) is 0 Å². The topological polar surface area (TPSA) is 45.8 Å². The van der Waals surface area contributed by atoms with Crippen LogP contribution in [0.4, 0.5) is 13.2 Å². The fourth-order valence-corrected chi connectivity index (χ4v) is 0.609. The predicted octanol–water partition coefficient (Wildman–Crippen LogP) is 1.10. The molecule has 1 aromatic heterocycles. The van der Waals surface area contributed by atoms with E-state index in [9.17, 15) is 18.0 Å². The van der Waals surface area contributed by atoms with Crippen molar-refractivity contribution in [1.29, 1.82) is 0 Å². The Labute approximate surface area is 65.3 Å². The Kier molecular flexibility index (Phi) is 1.91. The third-order valence-electron chi connectivity index (χ3n) is 1.27. The second-order valence-corrected chi connectivity index (χ2v) is 2.21. The first kappa shape index (κ1) is 8.76. The normalized spacial score (nSPS) is 11.7. The van der Waals surface area contributed by atoms with Gasteiger partial charge in [0, 0.05) is 0 Å². The molecule has 1 N–H and O–H groups in total.